The summed E-state index contributed by atoms with van der Waals surface area (Å²) in [6.45, 7) is 4.63. The zero-order valence-corrected chi connectivity index (χ0v) is 15.3. The van der Waals surface area contributed by atoms with E-state index < -0.39 is 0 Å². The van der Waals surface area contributed by atoms with Gasteiger partial charge in [0, 0.05) is 25.6 Å². The maximum atomic E-state index is 12.4. The fourth-order valence-electron chi connectivity index (χ4n) is 3.89. The topological polar surface area (TPSA) is 55.6 Å². The Bertz CT molecular complexity index is 535. The fourth-order valence-corrected chi connectivity index (χ4v) is 3.89. The number of likely N-dealkylation sites (tertiary alicyclic amines) is 1. The number of nitrogens with zero attached hydrogens (tertiary/aromatic N) is 1. The molecule has 1 aliphatic carbocycles. The highest BCUT2D eigenvalue weighted by molar-refractivity contribution is 5.85. The predicted molar refractivity (Wildman–Crippen MR) is 98.6 cm³/mol. The van der Waals surface area contributed by atoms with Crippen molar-refractivity contribution in [1.29, 1.82) is 0 Å². The van der Waals surface area contributed by atoms with E-state index in [1.165, 1.54) is 12.0 Å². The summed E-state index contributed by atoms with van der Waals surface area (Å²) in [5.74, 6) is 2.36. The van der Waals surface area contributed by atoms with Crippen LogP contribution in [-0.2, 0) is 11.2 Å². The summed E-state index contributed by atoms with van der Waals surface area (Å²) in [5, 5.41) is 0. The molecule has 134 valence electrons. The van der Waals surface area contributed by atoms with Crippen LogP contribution < -0.4 is 10.5 Å². The quantitative estimate of drug-likeness (QED) is 0.856. The van der Waals surface area contributed by atoms with Crippen molar-refractivity contribution in [1.82, 2.24) is 4.90 Å². The van der Waals surface area contributed by atoms with Gasteiger partial charge in [0.15, 0.2) is 0 Å². The Hall–Kier alpha value is -1.26. The largest absolute Gasteiger partial charge is 0.494 e. The molecule has 1 heterocycles. The van der Waals surface area contributed by atoms with Gasteiger partial charge in [0.05, 0.1) is 6.61 Å². The fraction of sp³-hybridized carbons (Fsp3) is 0.632. The molecule has 2 N–H and O–H groups in total. The smallest absolute Gasteiger partial charge is 0.222 e. The highest BCUT2D eigenvalue weighted by atomic mass is 35.5. The number of halogens is 1. The maximum Gasteiger partial charge on any atom is 0.222 e. The Morgan fingerprint density at radius 3 is 2.67 bits per heavy atom. The van der Waals surface area contributed by atoms with Gasteiger partial charge in [-0.05, 0) is 55.2 Å². The van der Waals surface area contributed by atoms with Gasteiger partial charge in [-0.1, -0.05) is 19.1 Å². The van der Waals surface area contributed by atoms with Crippen LogP contribution in [-0.4, -0.2) is 36.5 Å². The molecule has 1 amide bonds. The van der Waals surface area contributed by atoms with Gasteiger partial charge < -0.3 is 15.4 Å². The molecule has 0 aromatic heterocycles. The molecule has 1 aromatic rings. The first kappa shape index (κ1) is 19.1. The lowest BCUT2D eigenvalue weighted by Gasteiger charge is -2.18. The number of nitrogens with two attached hydrogens (primary N) is 1. The number of fused-ring (bicyclic) bond motifs is 1. The summed E-state index contributed by atoms with van der Waals surface area (Å²) in [7, 11) is 0. The van der Waals surface area contributed by atoms with E-state index >= 15 is 0 Å². The summed E-state index contributed by atoms with van der Waals surface area (Å²) in [6, 6.07) is 8.41. The third-order valence-electron chi connectivity index (χ3n) is 5.29. The average Bonchev–Trinajstić information content (AvgIpc) is 3.14. The second kappa shape index (κ2) is 8.72. The molecule has 2 fully saturated rings. The molecule has 1 saturated heterocycles. The predicted octanol–water partition coefficient (Wildman–Crippen LogP) is 3.03. The van der Waals surface area contributed by atoms with E-state index in [9.17, 15) is 4.79 Å². The van der Waals surface area contributed by atoms with Crippen LogP contribution in [0.4, 0.5) is 0 Å². The Morgan fingerprint density at radius 1 is 1.25 bits per heavy atom. The third kappa shape index (κ3) is 4.42. The number of aryl methyl sites for hydroxylation is 1. The Kier molecular flexibility index (Phi) is 6.93. The van der Waals surface area contributed by atoms with Gasteiger partial charge in [-0.2, -0.15) is 0 Å². The first-order valence-electron chi connectivity index (χ1n) is 8.92. The number of carbonyl (C=O) groups excluding carboxylic acids is 1. The summed E-state index contributed by atoms with van der Waals surface area (Å²) in [6.07, 6.45) is 4.71. The van der Waals surface area contributed by atoms with Crippen molar-refractivity contribution < 1.29 is 9.53 Å². The van der Waals surface area contributed by atoms with Gasteiger partial charge in [-0.25, -0.2) is 0 Å². The SMILES string of the molecule is CCCOc1ccc(CCC(=O)N2CC3CCC(N)C3C2)cc1.Cl. The molecule has 3 atom stereocenters. The Labute approximate surface area is 151 Å². The van der Waals surface area contributed by atoms with Crippen molar-refractivity contribution in [3.05, 3.63) is 29.8 Å². The number of carbonyl (C=O) groups is 1. The number of benzene rings is 1. The molecule has 0 radical (unpaired) electrons. The van der Waals surface area contributed by atoms with Gasteiger partial charge in [0.25, 0.3) is 0 Å². The van der Waals surface area contributed by atoms with Gasteiger partial charge in [-0.3, -0.25) is 4.79 Å². The van der Waals surface area contributed by atoms with Crippen LogP contribution in [0.3, 0.4) is 0 Å². The lowest BCUT2D eigenvalue weighted by molar-refractivity contribution is -0.130. The summed E-state index contributed by atoms with van der Waals surface area (Å²) in [4.78, 5) is 14.5. The highest BCUT2D eigenvalue weighted by Crippen LogP contribution is 2.37. The zero-order chi connectivity index (χ0) is 16.2. The molecule has 1 aromatic carbocycles. The second-order valence-corrected chi connectivity index (χ2v) is 6.96. The summed E-state index contributed by atoms with van der Waals surface area (Å²) >= 11 is 0. The van der Waals surface area contributed by atoms with Crippen LogP contribution in [0.5, 0.6) is 5.75 Å². The van der Waals surface area contributed by atoms with Gasteiger partial charge in [0.2, 0.25) is 5.91 Å². The second-order valence-electron chi connectivity index (χ2n) is 6.96. The maximum absolute atomic E-state index is 12.4. The molecule has 2 aliphatic rings. The summed E-state index contributed by atoms with van der Waals surface area (Å²) in [5.41, 5.74) is 7.34. The Morgan fingerprint density at radius 2 is 2.00 bits per heavy atom. The molecule has 3 rings (SSSR count). The van der Waals surface area contributed by atoms with E-state index in [1.807, 2.05) is 17.0 Å². The lowest BCUT2D eigenvalue weighted by Crippen LogP contribution is -2.33. The van der Waals surface area contributed by atoms with Crippen LogP contribution in [0.25, 0.3) is 0 Å². The minimum absolute atomic E-state index is 0. The van der Waals surface area contributed by atoms with Crippen molar-refractivity contribution in [2.45, 2.75) is 45.1 Å². The average molecular weight is 353 g/mol. The number of hydrogen-bond donors (Lipinski definition) is 1. The summed E-state index contributed by atoms with van der Waals surface area (Å²) < 4.78 is 5.58. The molecule has 5 heteroatoms. The van der Waals surface area contributed by atoms with E-state index in [4.69, 9.17) is 10.5 Å². The molecule has 24 heavy (non-hydrogen) atoms. The van der Waals surface area contributed by atoms with E-state index in [2.05, 4.69) is 19.1 Å². The third-order valence-corrected chi connectivity index (χ3v) is 5.29. The standard InChI is InChI=1S/C19H28N2O2.ClH/c1-2-11-23-16-7-3-14(4-8-16)5-10-19(22)21-12-15-6-9-18(20)17(15)13-21;/h3-4,7-8,15,17-18H,2,5-6,9-13,20H2,1H3;1H. The first-order valence-corrected chi connectivity index (χ1v) is 8.92. The van der Waals surface area contributed by atoms with Crippen LogP contribution in [0.1, 0.15) is 38.2 Å². The van der Waals surface area contributed by atoms with Crippen molar-refractivity contribution >= 4 is 18.3 Å². The van der Waals surface area contributed by atoms with Gasteiger partial charge in [0.1, 0.15) is 5.75 Å². The number of rotatable bonds is 6. The molecular formula is C19H29ClN2O2. The lowest BCUT2D eigenvalue weighted by atomic mass is 9.98. The van der Waals surface area contributed by atoms with Crippen LogP contribution >= 0.6 is 12.4 Å². The minimum Gasteiger partial charge on any atom is -0.494 e. The molecular weight excluding hydrogens is 324 g/mol. The van der Waals surface area contributed by atoms with Crippen LogP contribution in [0.15, 0.2) is 24.3 Å². The minimum atomic E-state index is 0. The number of ether oxygens (including phenoxy) is 1. The van der Waals surface area contributed by atoms with E-state index in [0.717, 1.165) is 44.7 Å². The number of hydrogen-bond acceptors (Lipinski definition) is 3. The van der Waals surface area contributed by atoms with Gasteiger partial charge in [-0.15, -0.1) is 12.4 Å². The Balaban J connectivity index is 0.00000208. The van der Waals surface area contributed by atoms with Crippen LogP contribution in [0, 0.1) is 11.8 Å². The van der Waals surface area contributed by atoms with Crippen LogP contribution in [0.2, 0.25) is 0 Å². The van der Waals surface area contributed by atoms with E-state index in [-0.39, 0.29) is 18.3 Å². The molecule has 1 saturated carbocycles. The highest BCUT2D eigenvalue weighted by Gasteiger charge is 2.42. The molecule has 0 spiro atoms. The molecule has 1 aliphatic heterocycles. The monoisotopic (exact) mass is 352 g/mol. The van der Waals surface area contributed by atoms with Crippen molar-refractivity contribution in [3.8, 4) is 5.75 Å². The van der Waals surface area contributed by atoms with Crippen molar-refractivity contribution in [2.75, 3.05) is 19.7 Å². The van der Waals surface area contributed by atoms with E-state index in [1.54, 1.807) is 0 Å². The van der Waals surface area contributed by atoms with E-state index in [0.29, 0.717) is 24.3 Å². The van der Waals surface area contributed by atoms with Crippen molar-refractivity contribution in [3.63, 3.8) is 0 Å². The number of amides is 1. The zero-order valence-electron chi connectivity index (χ0n) is 14.4. The normalized spacial score (nSPS) is 25.2. The van der Waals surface area contributed by atoms with Gasteiger partial charge >= 0.3 is 0 Å². The molecule has 0 bridgehead atoms. The first-order chi connectivity index (χ1) is 11.2. The van der Waals surface area contributed by atoms with Crippen molar-refractivity contribution in [2.24, 2.45) is 17.6 Å². The molecule has 3 unspecified atom stereocenters. The molecule has 4 nitrogen and oxygen atoms in total.